The van der Waals surface area contributed by atoms with Gasteiger partial charge in [0.1, 0.15) is 24.8 Å². The van der Waals surface area contributed by atoms with Gasteiger partial charge in [-0.2, -0.15) is 0 Å². The standard InChI is InChI=1S/C37H47N5O4Si/c1-25(41-17-14-27(15-18-41)26-7-9-28(10-8-26)37(43)44)34-22-31-30(13-16-38-36(31)40(34)2)29-11-12-33-32(21-29)39-35(23-45-3)42(33)24-46-19-20-47(4,5)6/h7-13,16,21-22,25,27H,14-15,17-20,23-24H2,1-6H3,(H,43,44)/t25-/m0/s1. The number of methoxy groups -OCH3 is 1. The Labute approximate surface area is 278 Å². The zero-order valence-corrected chi connectivity index (χ0v) is 29.5. The maximum atomic E-state index is 11.3. The molecule has 1 aliphatic heterocycles. The van der Waals surface area contributed by atoms with Crippen LogP contribution < -0.4 is 0 Å². The minimum atomic E-state index is -1.17. The van der Waals surface area contributed by atoms with E-state index in [1.165, 1.54) is 11.3 Å². The number of ether oxygens (including phenoxy) is 2. The van der Waals surface area contributed by atoms with Crippen molar-refractivity contribution in [2.24, 2.45) is 7.05 Å². The molecule has 1 fully saturated rings. The molecular weight excluding hydrogens is 607 g/mol. The molecule has 9 nitrogen and oxygen atoms in total. The second-order valence-corrected chi connectivity index (χ2v) is 19.7. The number of pyridine rings is 1. The Kier molecular flexibility index (Phi) is 9.66. The van der Waals surface area contributed by atoms with Gasteiger partial charge >= 0.3 is 5.97 Å². The van der Waals surface area contributed by atoms with E-state index in [9.17, 15) is 9.90 Å². The Bertz CT molecular complexity index is 1870. The smallest absolute Gasteiger partial charge is 0.335 e. The molecule has 0 amide bonds. The molecule has 2 aromatic carbocycles. The van der Waals surface area contributed by atoms with Crippen LogP contribution in [0, 0.1) is 0 Å². The molecule has 47 heavy (non-hydrogen) atoms. The molecule has 1 N–H and O–H groups in total. The van der Waals surface area contributed by atoms with Gasteiger partial charge < -0.3 is 23.7 Å². The van der Waals surface area contributed by atoms with Crippen molar-refractivity contribution < 1.29 is 19.4 Å². The number of carboxylic acids is 1. The summed E-state index contributed by atoms with van der Waals surface area (Å²) in [5.74, 6) is 0.430. The van der Waals surface area contributed by atoms with E-state index >= 15 is 0 Å². The highest BCUT2D eigenvalue weighted by atomic mass is 28.3. The summed E-state index contributed by atoms with van der Waals surface area (Å²) >= 11 is 0. The summed E-state index contributed by atoms with van der Waals surface area (Å²) in [5.41, 5.74) is 8.01. The molecule has 0 radical (unpaired) electrons. The molecule has 10 heteroatoms. The topological polar surface area (TPSA) is 94.6 Å². The molecule has 4 heterocycles. The zero-order chi connectivity index (χ0) is 33.3. The van der Waals surface area contributed by atoms with Crippen molar-refractivity contribution in [2.75, 3.05) is 26.8 Å². The summed E-state index contributed by atoms with van der Waals surface area (Å²) in [7, 11) is 2.65. The highest BCUT2D eigenvalue weighted by Crippen LogP contribution is 2.37. The maximum Gasteiger partial charge on any atom is 0.335 e. The summed E-state index contributed by atoms with van der Waals surface area (Å²) < 4.78 is 16.0. The van der Waals surface area contributed by atoms with Crippen LogP contribution in [0.5, 0.6) is 0 Å². The molecule has 3 aromatic heterocycles. The second-order valence-electron chi connectivity index (χ2n) is 14.1. The molecule has 0 saturated carbocycles. The Balaban J connectivity index is 1.22. The largest absolute Gasteiger partial charge is 0.478 e. The van der Waals surface area contributed by atoms with Crippen molar-refractivity contribution >= 4 is 36.1 Å². The van der Waals surface area contributed by atoms with E-state index in [4.69, 9.17) is 19.4 Å². The van der Waals surface area contributed by atoms with Crippen LogP contribution in [0.15, 0.2) is 60.8 Å². The lowest BCUT2D eigenvalue weighted by Gasteiger charge is -2.36. The molecule has 0 aliphatic carbocycles. The minimum absolute atomic E-state index is 0.230. The molecule has 5 aromatic rings. The number of nitrogens with zero attached hydrogens (tertiary/aromatic N) is 5. The first-order valence-electron chi connectivity index (χ1n) is 16.6. The maximum absolute atomic E-state index is 11.3. The normalized spacial score (nSPS) is 15.5. The number of carboxylic acid groups (broad SMARTS) is 1. The first kappa shape index (κ1) is 33.1. The van der Waals surface area contributed by atoms with Gasteiger partial charge in [0.2, 0.25) is 0 Å². The Morgan fingerprint density at radius 1 is 1.06 bits per heavy atom. The van der Waals surface area contributed by atoms with Gasteiger partial charge in [-0.15, -0.1) is 0 Å². The van der Waals surface area contributed by atoms with E-state index in [1.54, 1.807) is 19.2 Å². The number of benzene rings is 2. The van der Waals surface area contributed by atoms with E-state index in [-0.39, 0.29) is 6.04 Å². The number of likely N-dealkylation sites (tertiary alicyclic amines) is 1. The van der Waals surface area contributed by atoms with Gasteiger partial charge in [-0.3, -0.25) is 4.90 Å². The third-order valence-corrected chi connectivity index (χ3v) is 11.4. The zero-order valence-electron chi connectivity index (χ0n) is 28.5. The fourth-order valence-corrected chi connectivity index (χ4v) is 7.62. The van der Waals surface area contributed by atoms with Crippen molar-refractivity contribution in [1.82, 2.24) is 24.0 Å². The van der Waals surface area contributed by atoms with E-state index in [2.05, 4.69) is 78.0 Å². The number of aromatic nitrogens is 4. The van der Waals surface area contributed by atoms with Gasteiger partial charge in [0.25, 0.3) is 0 Å². The van der Waals surface area contributed by atoms with Crippen LogP contribution in [0.4, 0.5) is 0 Å². The number of imidazole rings is 1. The molecule has 0 spiro atoms. The SMILES string of the molecule is COCc1nc2cc(-c3ccnc4c3cc([C@H](C)N3CCC(c5ccc(C(=O)O)cc5)CC3)n4C)ccc2n1COCC[Si](C)(C)C. The molecule has 1 saturated heterocycles. The predicted octanol–water partition coefficient (Wildman–Crippen LogP) is 7.69. The lowest BCUT2D eigenvalue weighted by molar-refractivity contribution is 0.0696. The number of piperidine rings is 1. The number of hydrogen-bond acceptors (Lipinski definition) is 6. The van der Waals surface area contributed by atoms with Crippen LogP contribution in [0.1, 0.15) is 59.2 Å². The van der Waals surface area contributed by atoms with Crippen LogP contribution in [0.3, 0.4) is 0 Å². The lowest BCUT2D eigenvalue weighted by atomic mass is 9.88. The Morgan fingerprint density at radius 2 is 1.81 bits per heavy atom. The Hall–Kier alpha value is -3.83. The molecule has 1 aliphatic rings. The highest BCUT2D eigenvalue weighted by Gasteiger charge is 2.27. The summed E-state index contributed by atoms with van der Waals surface area (Å²) in [6, 6.07) is 19.7. The monoisotopic (exact) mass is 653 g/mol. The molecule has 0 bridgehead atoms. The van der Waals surface area contributed by atoms with Crippen molar-refractivity contribution in [3.05, 3.63) is 83.4 Å². The second kappa shape index (κ2) is 13.7. The van der Waals surface area contributed by atoms with Crippen molar-refractivity contribution in [1.29, 1.82) is 0 Å². The summed E-state index contributed by atoms with van der Waals surface area (Å²) in [4.78, 5) is 23.6. The molecule has 0 unspecified atom stereocenters. The number of rotatable bonds is 12. The van der Waals surface area contributed by atoms with Gasteiger partial charge in [-0.25, -0.2) is 14.8 Å². The first-order valence-corrected chi connectivity index (χ1v) is 20.3. The first-order chi connectivity index (χ1) is 22.5. The number of hydrogen-bond donors (Lipinski definition) is 1. The van der Waals surface area contributed by atoms with Gasteiger partial charge in [0, 0.05) is 52.2 Å². The third kappa shape index (κ3) is 7.06. The van der Waals surface area contributed by atoms with E-state index in [0.29, 0.717) is 24.8 Å². The average Bonchev–Trinajstić information content (AvgIpc) is 3.58. The summed E-state index contributed by atoms with van der Waals surface area (Å²) in [5, 5.41) is 10.4. The van der Waals surface area contributed by atoms with Crippen molar-refractivity contribution in [3.63, 3.8) is 0 Å². The lowest BCUT2D eigenvalue weighted by Crippen LogP contribution is -2.35. The minimum Gasteiger partial charge on any atom is -0.478 e. The number of aromatic carboxylic acids is 1. The van der Waals surface area contributed by atoms with Gasteiger partial charge in [-0.05, 0) is 97.9 Å². The molecule has 1 atom stereocenters. The van der Waals surface area contributed by atoms with Crippen LogP contribution in [-0.4, -0.2) is 70.0 Å². The van der Waals surface area contributed by atoms with Crippen LogP contribution in [0.25, 0.3) is 33.2 Å². The third-order valence-electron chi connectivity index (χ3n) is 9.73. The van der Waals surface area contributed by atoms with E-state index < -0.39 is 14.0 Å². The number of carbonyl (C=O) groups is 1. The Morgan fingerprint density at radius 3 is 2.49 bits per heavy atom. The summed E-state index contributed by atoms with van der Waals surface area (Å²) in [6.07, 6.45) is 4.00. The molecule has 248 valence electrons. The highest BCUT2D eigenvalue weighted by molar-refractivity contribution is 6.76. The predicted molar refractivity (Wildman–Crippen MR) is 190 cm³/mol. The van der Waals surface area contributed by atoms with Crippen LogP contribution in [-0.2, 0) is 29.9 Å². The number of aryl methyl sites for hydroxylation is 1. The van der Waals surface area contributed by atoms with Crippen molar-refractivity contribution in [3.8, 4) is 11.1 Å². The van der Waals surface area contributed by atoms with Crippen molar-refractivity contribution in [2.45, 2.75) is 70.7 Å². The van der Waals surface area contributed by atoms with Gasteiger partial charge in [-0.1, -0.05) is 37.8 Å². The van der Waals surface area contributed by atoms with Gasteiger partial charge in [0.15, 0.2) is 0 Å². The van der Waals surface area contributed by atoms with Crippen LogP contribution in [0.2, 0.25) is 25.7 Å². The van der Waals surface area contributed by atoms with E-state index in [0.717, 1.165) is 77.6 Å². The molecule has 6 rings (SSSR count). The fraction of sp³-hybridized carbons (Fsp3) is 0.432. The molecular formula is C37H47N5O4Si. The van der Waals surface area contributed by atoms with Gasteiger partial charge in [0.05, 0.1) is 16.6 Å². The van der Waals surface area contributed by atoms with E-state index in [1.807, 2.05) is 18.3 Å². The quantitative estimate of drug-likeness (QED) is 0.109. The summed E-state index contributed by atoms with van der Waals surface area (Å²) in [6.45, 7) is 13.0. The fourth-order valence-electron chi connectivity index (χ4n) is 6.86. The van der Waals surface area contributed by atoms with Crippen LogP contribution >= 0.6 is 0 Å². The number of fused-ring (bicyclic) bond motifs is 2. The average molecular weight is 654 g/mol.